The van der Waals surface area contributed by atoms with Gasteiger partial charge in [0.05, 0.1) is 16.7 Å². The summed E-state index contributed by atoms with van der Waals surface area (Å²) in [6.07, 6.45) is 0.990. The van der Waals surface area contributed by atoms with E-state index in [1.165, 1.54) is 0 Å². The van der Waals surface area contributed by atoms with E-state index in [-0.39, 0.29) is 6.04 Å². The molecule has 0 saturated carbocycles. The number of nitrogens with two attached hydrogens (primary N) is 1. The van der Waals surface area contributed by atoms with Crippen LogP contribution in [0.1, 0.15) is 18.0 Å². The van der Waals surface area contributed by atoms with Crippen molar-refractivity contribution >= 4 is 23.2 Å². The smallest absolute Gasteiger partial charge is 0.0640 e. The van der Waals surface area contributed by atoms with Crippen molar-refractivity contribution in [3.05, 3.63) is 33.8 Å². The zero-order valence-electron chi connectivity index (χ0n) is 8.25. The summed E-state index contributed by atoms with van der Waals surface area (Å²) in [7, 11) is 0. The molecular weight excluding hydrogens is 233 g/mol. The Kier molecular flexibility index (Phi) is 3.52. The van der Waals surface area contributed by atoms with Crippen molar-refractivity contribution in [2.75, 3.05) is 13.2 Å². The molecule has 2 atom stereocenters. The van der Waals surface area contributed by atoms with Crippen LogP contribution in [0.3, 0.4) is 0 Å². The minimum absolute atomic E-state index is 0.0845. The quantitative estimate of drug-likeness (QED) is 0.870. The Bertz CT molecular complexity index is 350. The van der Waals surface area contributed by atoms with Crippen LogP contribution in [0.4, 0.5) is 0 Å². The second-order valence-corrected chi connectivity index (χ2v) is 4.58. The third kappa shape index (κ3) is 2.28. The van der Waals surface area contributed by atoms with Crippen LogP contribution < -0.4 is 5.73 Å². The molecule has 0 amide bonds. The Morgan fingerprint density at radius 3 is 2.87 bits per heavy atom. The molecule has 1 aliphatic rings. The largest absolute Gasteiger partial charge is 0.381 e. The fraction of sp³-hybridized carbons (Fsp3) is 0.455. The molecule has 2 N–H and O–H groups in total. The van der Waals surface area contributed by atoms with Crippen molar-refractivity contribution in [3.8, 4) is 0 Å². The molecule has 1 aliphatic heterocycles. The third-order valence-corrected chi connectivity index (χ3v) is 3.65. The van der Waals surface area contributed by atoms with Gasteiger partial charge in [0, 0.05) is 18.6 Å². The van der Waals surface area contributed by atoms with Gasteiger partial charge in [-0.05, 0) is 18.1 Å². The van der Waals surface area contributed by atoms with E-state index in [0.717, 1.165) is 18.6 Å². The predicted molar refractivity (Wildman–Crippen MR) is 62.3 cm³/mol. The van der Waals surface area contributed by atoms with Gasteiger partial charge in [0.25, 0.3) is 0 Å². The van der Waals surface area contributed by atoms with Crippen LogP contribution in [0.25, 0.3) is 0 Å². The lowest BCUT2D eigenvalue weighted by atomic mass is 9.93. The Hall–Kier alpha value is -0.280. The summed E-state index contributed by atoms with van der Waals surface area (Å²) < 4.78 is 5.31. The van der Waals surface area contributed by atoms with E-state index in [1.807, 2.05) is 12.1 Å². The van der Waals surface area contributed by atoms with Gasteiger partial charge in [0.1, 0.15) is 0 Å². The zero-order valence-corrected chi connectivity index (χ0v) is 9.76. The maximum absolute atomic E-state index is 6.15. The average Bonchev–Trinajstić information content (AvgIpc) is 2.74. The molecule has 15 heavy (non-hydrogen) atoms. The predicted octanol–water partition coefficient (Wildman–Crippen LogP) is 3.03. The molecule has 1 aromatic carbocycles. The number of hydrogen-bond acceptors (Lipinski definition) is 2. The summed E-state index contributed by atoms with van der Waals surface area (Å²) in [5.41, 5.74) is 7.06. The SMILES string of the molecule is NC(c1cccc(Cl)c1Cl)C1CCOC1. The zero-order chi connectivity index (χ0) is 10.8. The van der Waals surface area contributed by atoms with Crippen LogP contribution in [0.2, 0.25) is 10.0 Å². The topological polar surface area (TPSA) is 35.2 Å². The summed E-state index contributed by atoms with van der Waals surface area (Å²) in [5.74, 6) is 0.348. The van der Waals surface area contributed by atoms with Gasteiger partial charge in [0.2, 0.25) is 0 Å². The summed E-state index contributed by atoms with van der Waals surface area (Å²) in [6.45, 7) is 1.50. The van der Waals surface area contributed by atoms with E-state index in [4.69, 9.17) is 33.7 Å². The average molecular weight is 246 g/mol. The minimum Gasteiger partial charge on any atom is -0.381 e. The summed E-state index contributed by atoms with van der Waals surface area (Å²) in [4.78, 5) is 0. The van der Waals surface area contributed by atoms with Gasteiger partial charge in [-0.2, -0.15) is 0 Å². The Morgan fingerprint density at radius 1 is 1.40 bits per heavy atom. The lowest BCUT2D eigenvalue weighted by molar-refractivity contribution is 0.181. The van der Waals surface area contributed by atoms with Crippen LogP contribution in [0.5, 0.6) is 0 Å². The van der Waals surface area contributed by atoms with Crippen molar-refractivity contribution in [1.82, 2.24) is 0 Å². The number of rotatable bonds is 2. The van der Waals surface area contributed by atoms with Crippen molar-refractivity contribution in [2.45, 2.75) is 12.5 Å². The normalized spacial score (nSPS) is 23.0. The van der Waals surface area contributed by atoms with E-state index in [1.54, 1.807) is 6.07 Å². The molecule has 1 fully saturated rings. The number of halogens is 2. The van der Waals surface area contributed by atoms with E-state index in [2.05, 4.69) is 0 Å². The fourth-order valence-electron chi connectivity index (χ4n) is 1.87. The minimum atomic E-state index is -0.0845. The molecule has 0 spiro atoms. The molecule has 2 nitrogen and oxygen atoms in total. The third-order valence-electron chi connectivity index (χ3n) is 2.81. The van der Waals surface area contributed by atoms with Crippen LogP contribution in [0.15, 0.2) is 18.2 Å². The molecule has 0 aliphatic carbocycles. The van der Waals surface area contributed by atoms with Gasteiger partial charge in [-0.25, -0.2) is 0 Å². The second kappa shape index (κ2) is 4.71. The van der Waals surface area contributed by atoms with Gasteiger partial charge < -0.3 is 10.5 Å². The highest BCUT2D eigenvalue weighted by atomic mass is 35.5. The molecule has 1 saturated heterocycles. The Morgan fingerprint density at radius 2 is 2.20 bits per heavy atom. The molecule has 4 heteroatoms. The van der Waals surface area contributed by atoms with Gasteiger partial charge in [-0.15, -0.1) is 0 Å². The van der Waals surface area contributed by atoms with Crippen LogP contribution in [-0.2, 0) is 4.74 Å². The number of benzene rings is 1. The first-order chi connectivity index (χ1) is 7.20. The maximum atomic E-state index is 6.15. The Balaban J connectivity index is 2.24. The molecule has 82 valence electrons. The monoisotopic (exact) mass is 245 g/mol. The van der Waals surface area contributed by atoms with Gasteiger partial charge >= 0.3 is 0 Å². The van der Waals surface area contributed by atoms with Crippen molar-refractivity contribution in [3.63, 3.8) is 0 Å². The van der Waals surface area contributed by atoms with E-state index >= 15 is 0 Å². The number of hydrogen-bond donors (Lipinski definition) is 1. The molecule has 0 bridgehead atoms. The first-order valence-corrected chi connectivity index (χ1v) is 5.73. The molecule has 2 rings (SSSR count). The molecular formula is C11H13Cl2NO. The highest BCUT2D eigenvalue weighted by Gasteiger charge is 2.25. The van der Waals surface area contributed by atoms with E-state index in [0.29, 0.717) is 22.6 Å². The van der Waals surface area contributed by atoms with Gasteiger partial charge in [0.15, 0.2) is 0 Å². The summed E-state index contributed by atoms with van der Waals surface area (Å²) in [6, 6.07) is 5.49. The number of ether oxygens (including phenoxy) is 1. The fourth-order valence-corrected chi connectivity index (χ4v) is 2.30. The van der Waals surface area contributed by atoms with Crippen molar-refractivity contribution in [1.29, 1.82) is 0 Å². The molecule has 0 aromatic heterocycles. The summed E-state index contributed by atoms with van der Waals surface area (Å²) >= 11 is 12.1. The van der Waals surface area contributed by atoms with Crippen LogP contribution in [0, 0.1) is 5.92 Å². The van der Waals surface area contributed by atoms with Crippen molar-refractivity contribution < 1.29 is 4.74 Å². The second-order valence-electron chi connectivity index (χ2n) is 3.79. The molecule has 2 unspecified atom stereocenters. The highest BCUT2D eigenvalue weighted by molar-refractivity contribution is 6.42. The molecule has 1 heterocycles. The van der Waals surface area contributed by atoms with Crippen LogP contribution >= 0.6 is 23.2 Å². The van der Waals surface area contributed by atoms with Gasteiger partial charge in [-0.3, -0.25) is 0 Å². The lowest BCUT2D eigenvalue weighted by Gasteiger charge is -2.19. The van der Waals surface area contributed by atoms with E-state index in [9.17, 15) is 0 Å². The lowest BCUT2D eigenvalue weighted by Crippen LogP contribution is -2.21. The highest BCUT2D eigenvalue weighted by Crippen LogP contribution is 2.34. The molecule has 1 aromatic rings. The van der Waals surface area contributed by atoms with Crippen molar-refractivity contribution in [2.24, 2.45) is 11.7 Å². The maximum Gasteiger partial charge on any atom is 0.0640 e. The van der Waals surface area contributed by atoms with E-state index < -0.39 is 0 Å². The standard InChI is InChI=1S/C11H13Cl2NO/c12-9-3-1-2-8(10(9)13)11(14)7-4-5-15-6-7/h1-3,7,11H,4-6,14H2. The molecule has 0 radical (unpaired) electrons. The Labute approximate surface area is 99.3 Å². The first-order valence-electron chi connectivity index (χ1n) is 4.97. The van der Waals surface area contributed by atoms with Crippen LogP contribution in [-0.4, -0.2) is 13.2 Å². The first kappa shape index (κ1) is 11.2. The van der Waals surface area contributed by atoms with Gasteiger partial charge in [-0.1, -0.05) is 35.3 Å². The summed E-state index contributed by atoms with van der Waals surface area (Å²) in [5, 5.41) is 1.13.